The lowest BCUT2D eigenvalue weighted by molar-refractivity contribution is -0.134. The first-order valence-electron chi connectivity index (χ1n) is 9.03. The summed E-state index contributed by atoms with van der Waals surface area (Å²) in [6.07, 6.45) is 0.276. The summed E-state index contributed by atoms with van der Waals surface area (Å²) in [5.74, 6) is -1.43. The van der Waals surface area contributed by atoms with E-state index in [0.717, 1.165) is 16.0 Å². The molecule has 1 aliphatic heterocycles. The van der Waals surface area contributed by atoms with E-state index in [2.05, 4.69) is 10.6 Å². The maximum absolute atomic E-state index is 13.3. The predicted molar refractivity (Wildman–Crippen MR) is 103 cm³/mol. The minimum atomic E-state index is -1.30. The molecular weight excluding hydrogens is 361 g/mol. The minimum absolute atomic E-state index is 0.276. The molecule has 2 aromatic carbocycles. The number of hydrogen-bond donors (Lipinski definition) is 2. The van der Waals surface area contributed by atoms with Gasteiger partial charge < -0.3 is 10.6 Å². The molecule has 146 valence electrons. The van der Waals surface area contributed by atoms with E-state index in [1.54, 1.807) is 6.92 Å². The standard InChI is InChI=1S/C21H22FN3O3/c1-4-21(15-5-7-16(22)8-6-15)19(27)25(20(28)24-21)12-18(26)23-17-10-13(2)9-14(3)11-17/h5-11H,4,12H2,1-3H3,(H,23,26)(H,24,28)/t21-/m1/s1. The molecule has 1 heterocycles. The number of carbonyl (C=O) groups is 3. The van der Waals surface area contributed by atoms with Crippen LogP contribution in [0.5, 0.6) is 0 Å². The second kappa shape index (κ2) is 7.42. The smallest absolute Gasteiger partial charge is 0.325 e. The third-order valence-corrected chi connectivity index (χ3v) is 4.85. The van der Waals surface area contributed by atoms with Gasteiger partial charge in [0.25, 0.3) is 5.91 Å². The molecule has 0 saturated carbocycles. The summed E-state index contributed by atoms with van der Waals surface area (Å²) < 4.78 is 13.3. The van der Waals surface area contributed by atoms with Gasteiger partial charge in [-0.25, -0.2) is 9.18 Å². The fourth-order valence-corrected chi connectivity index (χ4v) is 3.53. The zero-order valence-electron chi connectivity index (χ0n) is 16.0. The summed E-state index contributed by atoms with van der Waals surface area (Å²) >= 11 is 0. The highest BCUT2D eigenvalue weighted by Crippen LogP contribution is 2.32. The van der Waals surface area contributed by atoms with Crippen molar-refractivity contribution in [3.05, 3.63) is 65.0 Å². The zero-order chi connectivity index (χ0) is 20.5. The number of benzene rings is 2. The van der Waals surface area contributed by atoms with E-state index in [1.165, 1.54) is 24.3 Å². The average molecular weight is 383 g/mol. The highest BCUT2D eigenvalue weighted by molar-refractivity contribution is 6.10. The Labute approximate surface area is 162 Å². The molecule has 1 fully saturated rings. The summed E-state index contributed by atoms with van der Waals surface area (Å²) in [5.41, 5.74) is 1.77. The Morgan fingerprint density at radius 1 is 1.11 bits per heavy atom. The van der Waals surface area contributed by atoms with E-state index in [4.69, 9.17) is 0 Å². The maximum atomic E-state index is 13.3. The summed E-state index contributed by atoms with van der Waals surface area (Å²) in [6, 6.07) is 10.4. The molecule has 0 bridgehead atoms. The van der Waals surface area contributed by atoms with Crippen LogP contribution in [0.25, 0.3) is 0 Å². The van der Waals surface area contributed by atoms with Crippen LogP contribution in [-0.4, -0.2) is 29.3 Å². The number of halogens is 1. The first-order valence-corrected chi connectivity index (χ1v) is 9.03. The van der Waals surface area contributed by atoms with Crippen LogP contribution in [0.1, 0.15) is 30.0 Å². The van der Waals surface area contributed by atoms with Gasteiger partial charge in [-0.05, 0) is 61.2 Å². The largest absolute Gasteiger partial charge is 0.325 e. The van der Waals surface area contributed by atoms with Gasteiger partial charge in [-0.1, -0.05) is 25.1 Å². The van der Waals surface area contributed by atoms with E-state index >= 15 is 0 Å². The highest BCUT2D eigenvalue weighted by atomic mass is 19.1. The summed E-state index contributed by atoms with van der Waals surface area (Å²) in [7, 11) is 0. The number of imide groups is 1. The fraction of sp³-hybridized carbons (Fsp3) is 0.286. The molecule has 0 spiro atoms. The molecular formula is C21H22FN3O3. The van der Waals surface area contributed by atoms with Crippen LogP contribution in [-0.2, 0) is 15.1 Å². The number of hydrogen-bond acceptors (Lipinski definition) is 3. The van der Waals surface area contributed by atoms with E-state index < -0.39 is 35.7 Å². The van der Waals surface area contributed by atoms with Crippen LogP contribution in [0.2, 0.25) is 0 Å². The molecule has 1 saturated heterocycles. The van der Waals surface area contributed by atoms with Gasteiger partial charge in [0.2, 0.25) is 5.91 Å². The summed E-state index contributed by atoms with van der Waals surface area (Å²) in [5, 5.41) is 5.40. The number of nitrogens with one attached hydrogen (secondary N) is 2. The van der Waals surface area contributed by atoms with Crippen LogP contribution in [0.3, 0.4) is 0 Å². The maximum Gasteiger partial charge on any atom is 0.325 e. The number of carbonyl (C=O) groups excluding carboxylic acids is 3. The Morgan fingerprint density at radius 2 is 1.71 bits per heavy atom. The van der Waals surface area contributed by atoms with Crippen LogP contribution in [0.15, 0.2) is 42.5 Å². The van der Waals surface area contributed by atoms with Crippen LogP contribution >= 0.6 is 0 Å². The molecule has 7 heteroatoms. The molecule has 0 aliphatic carbocycles. The fourth-order valence-electron chi connectivity index (χ4n) is 3.53. The monoisotopic (exact) mass is 383 g/mol. The number of aryl methyl sites for hydroxylation is 2. The average Bonchev–Trinajstić information content (AvgIpc) is 2.86. The lowest BCUT2D eigenvalue weighted by Gasteiger charge is -2.25. The van der Waals surface area contributed by atoms with Gasteiger partial charge in [0.05, 0.1) is 0 Å². The van der Waals surface area contributed by atoms with Gasteiger partial charge in [0.1, 0.15) is 17.9 Å². The van der Waals surface area contributed by atoms with Gasteiger partial charge in [-0.3, -0.25) is 14.5 Å². The molecule has 0 unspecified atom stereocenters. The topological polar surface area (TPSA) is 78.5 Å². The summed E-state index contributed by atoms with van der Waals surface area (Å²) in [4.78, 5) is 38.8. The number of amides is 4. The van der Waals surface area contributed by atoms with Crippen molar-refractivity contribution in [2.75, 3.05) is 11.9 Å². The van der Waals surface area contributed by atoms with E-state index in [0.29, 0.717) is 11.3 Å². The molecule has 4 amide bonds. The van der Waals surface area contributed by atoms with Crippen molar-refractivity contribution in [3.63, 3.8) is 0 Å². The minimum Gasteiger partial charge on any atom is -0.325 e. The van der Waals surface area contributed by atoms with E-state index in [-0.39, 0.29) is 6.42 Å². The quantitative estimate of drug-likeness (QED) is 0.778. The first kappa shape index (κ1) is 19.5. The van der Waals surface area contributed by atoms with Crippen molar-refractivity contribution < 1.29 is 18.8 Å². The van der Waals surface area contributed by atoms with Crippen LogP contribution < -0.4 is 10.6 Å². The molecule has 2 aromatic rings. The first-order chi connectivity index (χ1) is 13.2. The Bertz CT molecular complexity index is 922. The zero-order valence-corrected chi connectivity index (χ0v) is 16.0. The molecule has 1 aliphatic rings. The molecule has 28 heavy (non-hydrogen) atoms. The number of urea groups is 1. The van der Waals surface area contributed by atoms with Crippen molar-refractivity contribution in [2.45, 2.75) is 32.7 Å². The highest BCUT2D eigenvalue weighted by Gasteiger charge is 2.51. The Kier molecular flexibility index (Phi) is 5.18. The molecule has 3 rings (SSSR count). The van der Waals surface area contributed by atoms with Gasteiger partial charge in [-0.2, -0.15) is 0 Å². The second-order valence-electron chi connectivity index (χ2n) is 7.01. The molecule has 0 radical (unpaired) electrons. The van der Waals surface area contributed by atoms with E-state index in [9.17, 15) is 18.8 Å². The third-order valence-electron chi connectivity index (χ3n) is 4.85. The van der Waals surface area contributed by atoms with Crippen molar-refractivity contribution in [3.8, 4) is 0 Å². The second-order valence-corrected chi connectivity index (χ2v) is 7.01. The van der Waals surface area contributed by atoms with Crippen LogP contribution in [0, 0.1) is 19.7 Å². The number of rotatable bonds is 5. The number of anilines is 1. The Hall–Kier alpha value is -3.22. The van der Waals surface area contributed by atoms with Gasteiger partial charge in [0, 0.05) is 5.69 Å². The normalized spacial score (nSPS) is 18.9. The van der Waals surface area contributed by atoms with E-state index in [1.807, 2.05) is 32.0 Å². The van der Waals surface area contributed by atoms with Crippen molar-refractivity contribution in [1.82, 2.24) is 10.2 Å². The van der Waals surface area contributed by atoms with Crippen molar-refractivity contribution in [1.29, 1.82) is 0 Å². The van der Waals surface area contributed by atoms with Crippen molar-refractivity contribution in [2.24, 2.45) is 0 Å². The Balaban J connectivity index is 1.79. The third kappa shape index (κ3) is 3.60. The van der Waals surface area contributed by atoms with Gasteiger partial charge in [-0.15, -0.1) is 0 Å². The summed E-state index contributed by atoms with van der Waals surface area (Å²) in [6.45, 7) is 5.18. The van der Waals surface area contributed by atoms with Crippen LogP contribution in [0.4, 0.5) is 14.9 Å². The lowest BCUT2D eigenvalue weighted by Crippen LogP contribution is -2.44. The predicted octanol–water partition coefficient (Wildman–Crippen LogP) is 3.24. The lowest BCUT2D eigenvalue weighted by atomic mass is 9.87. The van der Waals surface area contributed by atoms with Gasteiger partial charge >= 0.3 is 6.03 Å². The van der Waals surface area contributed by atoms with Crippen molar-refractivity contribution >= 4 is 23.5 Å². The molecule has 0 aromatic heterocycles. The molecule has 6 nitrogen and oxygen atoms in total. The molecule has 1 atom stereocenters. The Morgan fingerprint density at radius 3 is 2.29 bits per heavy atom. The van der Waals surface area contributed by atoms with Gasteiger partial charge in [0.15, 0.2) is 0 Å². The molecule has 2 N–H and O–H groups in total. The SMILES string of the molecule is CC[C@]1(c2ccc(F)cc2)NC(=O)N(CC(=O)Nc2cc(C)cc(C)c2)C1=O. The number of nitrogens with zero attached hydrogens (tertiary/aromatic N) is 1.